The highest BCUT2D eigenvalue weighted by atomic mass is 35.5. The van der Waals surface area contributed by atoms with E-state index in [0.717, 1.165) is 11.6 Å². The van der Waals surface area contributed by atoms with Gasteiger partial charge in [0.2, 0.25) is 5.89 Å². The minimum Gasteiger partial charge on any atom is -0.436 e. The average Bonchev–Trinajstić information content (AvgIpc) is 3.12. The molecule has 3 aromatic carbocycles. The van der Waals surface area contributed by atoms with Crippen LogP contribution in [0, 0.1) is 17.0 Å². The molecule has 0 unspecified atom stereocenters. The monoisotopic (exact) mass is 441 g/mol. The summed E-state index contributed by atoms with van der Waals surface area (Å²) >= 11 is 12.3. The zero-order valence-corrected chi connectivity index (χ0v) is 17.0. The number of anilines is 1. The fraction of sp³-hybridized carbons (Fsp3) is 0.0476. The zero-order valence-electron chi connectivity index (χ0n) is 15.5. The van der Waals surface area contributed by atoms with Crippen LogP contribution in [-0.2, 0) is 0 Å². The second kappa shape index (κ2) is 7.78. The molecule has 0 fully saturated rings. The Kier molecular flexibility index (Phi) is 5.15. The number of non-ortho nitro benzene ring substituents is 1. The summed E-state index contributed by atoms with van der Waals surface area (Å²) in [4.78, 5) is 27.5. The lowest BCUT2D eigenvalue weighted by Gasteiger charge is -2.09. The third-order valence-electron chi connectivity index (χ3n) is 4.41. The first-order chi connectivity index (χ1) is 14.3. The predicted octanol–water partition coefficient (Wildman–Crippen LogP) is 6.27. The molecule has 0 spiro atoms. The van der Waals surface area contributed by atoms with Crippen molar-refractivity contribution in [3.8, 4) is 11.5 Å². The van der Waals surface area contributed by atoms with Crippen LogP contribution < -0.4 is 5.32 Å². The Morgan fingerprint density at radius 2 is 1.83 bits per heavy atom. The first-order valence-electron chi connectivity index (χ1n) is 8.74. The Morgan fingerprint density at radius 1 is 1.07 bits per heavy atom. The van der Waals surface area contributed by atoms with E-state index in [1.165, 1.54) is 12.1 Å². The van der Waals surface area contributed by atoms with E-state index in [2.05, 4.69) is 10.3 Å². The number of carbonyl (C=O) groups is 1. The lowest BCUT2D eigenvalue weighted by molar-refractivity contribution is -0.384. The summed E-state index contributed by atoms with van der Waals surface area (Å²) in [6.45, 7) is 1.96. The molecular formula is C21H13Cl2N3O4. The maximum absolute atomic E-state index is 12.7. The number of fused-ring (bicyclic) bond motifs is 1. The van der Waals surface area contributed by atoms with Gasteiger partial charge in [0.05, 0.1) is 26.2 Å². The molecule has 0 bridgehead atoms. The second-order valence-electron chi connectivity index (χ2n) is 6.56. The van der Waals surface area contributed by atoms with Crippen LogP contribution in [-0.4, -0.2) is 15.8 Å². The van der Waals surface area contributed by atoms with Crippen molar-refractivity contribution < 1.29 is 14.1 Å². The molecule has 0 saturated carbocycles. The van der Waals surface area contributed by atoms with E-state index in [-0.39, 0.29) is 21.3 Å². The number of carbonyl (C=O) groups excluding carboxylic acids is 1. The summed E-state index contributed by atoms with van der Waals surface area (Å²) in [5, 5.41) is 14.0. The molecule has 1 aromatic heterocycles. The SMILES string of the molecule is Cc1ccc2oc(-c3ccc(Cl)c(NC(=O)c4cc([N+](=O)[O-])ccc4Cl)c3)nc2c1. The van der Waals surface area contributed by atoms with Gasteiger partial charge < -0.3 is 9.73 Å². The first-order valence-corrected chi connectivity index (χ1v) is 9.50. The number of nitro groups is 1. The highest BCUT2D eigenvalue weighted by Crippen LogP contribution is 2.31. The number of hydrogen-bond acceptors (Lipinski definition) is 5. The van der Waals surface area contributed by atoms with Crippen molar-refractivity contribution in [1.82, 2.24) is 4.98 Å². The van der Waals surface area contributed by atoms with Crippen LogP contribution in [0.3, 0.4) is 0 Å². The topological polar surface area (TPSA) is 98.3 Å². The highest BCUT2D eigenvalue weighted by Gasteiger charge is 2.18. The third-order valence-corrected chi connectivity index (χ3v) is 5.07. The summed E-state index contributed by atoms with van der Waals surface area (Å²) in [5.41, 5.74) is 3.03. The largest absolute Gasteiger partial charge is 0.436 e. The number of amides is 1. The normalized spacial score (nSPS) is 10.9. The molecule has 4 aromatic rings. The summed E-state index contributed by atoms with van der Waals surface area (Å²) < 4.78 is 5.79. The number of benzene rings is 3. The van der Waals surface area contributed by atoms with Gasteiger partial charge in [-0.3, -0.25) is 14.9 Å². The fourth-order valence-electron chi connectivity index (χ4n) is 2.91. The highest BCUT2D eigenvalue weighted by molar-refractivity contribution is 6.36. The van der Waals surface area contributed by atoms with Gasteiger partial charge in [-0.25, -0.2) is 4.98 Å². The molecule has 0 radical (unpaired) electrons. The van der Waals surface area contributed by atoms with Crippen molar-refractivity contribution in [2.75, 3.05) is 5.32 Å². The van der Waals surface area contributed by atoms with Crippen LogP contribution in [0.4, 0.5) is 11.4 Å². The number of rotatable bonds is 4. The van der Waals surface area contributed by atoms with E-state index >= 15 is 0 Å². The molecule has 0 saturated heterocycles. The van der Waals surface area contributed by atoms with Crippen LogP contribution in [0.1, 0.15) is 15.9 Å². The van der Waals surface area contributed by atoms with Crippen LogP contribution in [0.5, 0.6) is 0 Å². The van der Waals surface area contributed by atoms with Crippen LogP contribution in [0.15, 0.2) is 59.0 Å². The van der Waals surface area contributed by atoms with Gasteiger partial charge in [-0.05, 0) is 48.9 Å². The number of halogens is 2. The second-order valence-corrected chi connectivity index (χ2v) is 7.37. The summed E-state index contributed by atoms with van der Waals surface area (Å²) in [5.74, 6) is -0.257. The lowest BCUT2D eigenvalue weighted by atomic mass is 10.1. The van der Waals surface area contributed by atoms with Crippen molar-refractivity contribution in [3.05, 3.63) is 85.9 Å². The predicted molar refractivity (Wildman–Crippen MR) is 115 cm³/mol. The Bertz CT molecular complexity index is 1320. The number of oxazole rings is 1. The number of hydrogen-bond donors (Lipinski definition) is 1. The molecule has 4 rings (SSSR count). The van der Waals surface area contributed by atoms with Gasteiger partial charge in [0.25, 0.3) is 11.6 Å². The Labute approximate surface area is 180 Å². The molecular weight excluding hydrogens is 429 g/mol. The number of nitrogens with zero attached hydrogens (tertiary/aromatic N) is 2. The first kappa shape index (κ1) is 19.9. The smallest absolute Gasteiger partial charge is 0.270 e. The molecule has 1 N–H and O–H groups in total. The van der Waals surface area contributed by atoms with E-state index < -0.39 is 10.8 Å². The minimum absolute atomic E-state index is 0.0373. The van der Waals surface area contributed by atoms with Crippen LogP contribution in [0.25, 0.3) is 22.6 Å². The molecule has 0 atom stereocenters. The van der Waals surface area contributed by atoms with Gasteiger partial charge in [-0.15, -0.1) is 0 Å². The molecule has 0 aliphatic heterocycles. The average molecular weight is 442 g/mol. The molecule has 9 heteroatoms. The van der Waals surface area contributed by atoms with Crippen molar-refractivity contribution >= 4 is 51.6 Å². The fourth-order valence-corrected chi connectivity index (χ4v) is 3.27. The maximum atomic E-state index is 12.7. The van der Waals surface area contributed by atoms with Crippen LogP contribution >= 0.6 is 23.2 Å². The lowest BCUT2D eigenvalue weighted by Crippen LogP contribution is -2.13. The number of aromatic nitrogens is 1. The van der Waals surface area contributed by atoms with Crippen molar-refractivity contribution in [3.63, 3.8) is 0 Å². The Hall–Kier alpha value is -3.42. The molecule has 7 nitrogen and oxygen atoms in total. The number of aryl methyl sites for hydroxylation is 1. The van der Waals surface area contributed by atoms with Gasteiger partial charge in [0.15, 0.2) is 5.58 Å². The zero-order chi connectivity index (χ0) is 21.4. The van der Waals surface area contributed by atoms with E-state index in [1.807, 2.05) is 25.1 Å². The van der Waals surface area contributed by atoms with Gasteiger partial charge >= 0.3 is 0 Å². The molecule has 30 heavy (non-hydrogen) atoms. The van der Waals surface area contributed by atoms with E-state index in [1.54, 1.807) is 18.2 Å². The number of nitro benzene ring substituents is 1. The van der Waals surface area contributed by atoms with Crippen molar-refractivity contribution in [1.29, 1.82) is 0 Å². The van der Waals surface area contributed by atoms with Gasteiger partial charge in [-0.1, -0.05) is 29.3 Å². The molecule has 0 aliphatic rings. The quantitative estimate of drug-likeness (QED) is 0.297. The Morgan fingerprint density at radius 3 is 2.60 bits per heavy atom. The minimum atomic E-state index is -0.629. The molecule has 0 aliphatic carbocycles. The van der Waals surface area contributed by atoms with Crippen LogP contribution in [0.2, 0.25) is 10.0 Å². The van der Waals surface area contributed by atoms with Gasteiger partial charge in [0.1, 0.15) is 5.52 Å². The standard InChI is InChI=1S/C21H13Cl2N3O4/c1-11-2-7-19-18(8-11)25-21(30-19)12-3-5-16(23)17(9-12)24-20(27)14-10-13(26(28)29)4-6-15(14)22/h2-10H,1H3,(H,24,27). The Balaban J connectivity index is 1.67. The molecule has 150 valence electrons. The van der Waals surface area contributed by atoms with E-state index in [4.69, 9.17) is 27.6 Å². The summed E-state index contributed by atoms with van der Waals surface area (Å²) in [6.07, 6.45) is 0. The third kappa shape index (κ3) is 3.85. The maximum Gasteiger partial charge on any atom is 0.270 e. The van der Waals surface area contributed by atoms with Crippen molar-refractivity contribution in [2.45, 2.75) is 6.92 Å². The molecule has 1 amide bonds. The van der Waals surface area contributed by atoms with E-state index in [0.29, 0.717) is 28.2 Å². The van der Waals surface area contributed by atoms with Crippen molar-refractivity contribution in [2.24, 2.45) is 0 Å². The van der Waals surface area contributed by atoms with E-state index in [9.17, 15) is 14.9 Å². The molecule has 1 heterocycles. The van der Waals surface area contributed by atoms with Gasteiger partial charge in [0, 0.05) is 17.7 Å². The number of nitrogens with one attached hydrogen (secondary N) is 1. The summed E-state index contributed by atoms with van der Waals surface area (Å²) in [7, 11) is 0. The summed E-state index contributed by atoms with van der Waals surface area (Å²) in [6, 6.07) is 14.2. The van der Waals surface area contributed by atoms with Gasteiger partial charge in [-0.2, -0.15) is 0 Å².